The van der Waals surface area contributed by atoms with Crippen LogP contribution in [0.4, 0.5) is 4.39 Å². The van der Waals surface area contributed by atoms with Crippen molar-refractivity contribution in [2.24, 2.45) is 0 Å². The van der Waals surface area contributed by atoms with Crippen LogP contribution in [-0.4, -0.2) is 28.7 Å². The molecule has 0 bridgehead atoms. The molecule has 2 aromatic rings. The lowest BCUT2D eigenvalue weighted by atomic mass is 10.2. The Labute approximate surface area is 142 Å². The van der Waals surface area contributed by atoms with Crippen molar-refractivity contribution in [3.63, 3.8) is 0 Å². The van der Waals surface area contributed by atoms with E-state index < -0.39 is 29.3 Å². The number of ether oxygens (including phenoxy) is 2. The molecule has 1 aromatic carbocycles. The molecule has 1 unspecified atom stereocenters. The minimum Gasteiger partial charge on any atom is -0.463 e. The molecule has 0 saturated heterocycles. The summed E-state index contributed by atoms with van der Waals surface area (Å²) in [6.45, 7) is 1.22. The standard InChI is InChI=1S/C17H17FN2O5/c1-12(21)24-9-10-25-15(8-7-13-5-3-2-4-6-13)20-11-14(18)16(22)19-17(20)23/h2-8,11,15H,9-10H2,1H3,(H,19,22,23)/b8-7+. The van der Waals surface area contributed by atoms with Crippen LogP contribution in [0.25, 0.3) is 6.08 Å². The van der Waals surface area contributed by atoms with Crippen molar-refractivity contribution >= 4 is 12.0 Å². The van der Waals surface area contributed by atoms with Crippen molar-refractivity contribution in [3.05, 3.63) is 74.8 Å². The molecule has 0 amide bonds. The molecule has 0 aliphatic carbocycles. The van der Waals surface area contributed by atoms with Gasteiger partial charge in [0.2, 0.25) is 5.82 Å². The van der Waals surface area contributed by atoms with Gasteiger partial charge in [-0.1, -0.05) is 36.4 Å². The third-order valence-electron chi connectivity index (χ3n) is 3.13. The van der Waals surface area contributed by atoms with Crippen LogP contribution in [0.3, 0.4) is 0 Å². The fourth-order valence-electron chi connectivity index (χ4n) is 1.99. The molecule has 8 heteroatoms. The van der Waals surface area contributed by atoms with Gasteiger partial charge in [-0.15, -0.1) is 0 Å². The first-order valence-electron chi connectivity index (χ1n) is 7.46. The van der Waals surface area contributed by atoms with E-state index in [0.29, 0.717) is 0 Å². The van der Waals surface area contributed by atoms with Crippen molar-refractivity contribution in [1.82, 2.24) is 9.55 Å². The monoisotopic (exact) mass is 348 g/mol. The quantitative estimate of drug-likeness (QED) is 0.604. The van der Waals surface area contributed by atoms with Gasteiger partial charge >= 0.3 is 11.7 Å². The number of nitrogens with one attached hydrogen (secondary N) is 1. The summed E-state index contributed by atoms with van der Waals surface area (Å²) in [5.41, 5.74) is -1.08. The average molecular weight is 348 g/mol. The highest BCUT2D eigenvalue weighted by molar-refractivity contribution is 5.65. The number of H-pyrrole nitrogens is 1. The van der Waals surface area contributed by atoms with Crippen molar-refractivity contribution < 1.29 is 18.7 Å². The van der Waals surface area contributed by atoms with E-state index in [1.54, 1.807) is 6.08 Å². The summed E-state index contributed by atoms with van der Waals surface area (Å²) in [4.78, 5) is 35.7. The van der Waals surface area contributed by atoms with Gasteiger partial charge < -0.3 is 9.47 Å². The van der Waals surface area contributed by atoms with Crippen LogP contribution in [0.1, 0.15) is 18.7 Å². The zero-order valence-corrected chi connectivity index (χ0v) is 13.5. The zero-order valence-electron chi connectivity index (χ0n) is 13.5. The van der Waals surface area contributed by atoms with Gasteiger partial charge in [0.15, 0.2) is 6.23 Å². The number of carbonyl (C=O) groups is 1. The van der Waals surface area contributed by atoms with E-state index in [1.807, 2.05) is 35.3 Å². The molecule has 1 heterocycles. The summed E-state index contributed by atoms with van der Waals surface area (Å²) in [7, 11) is 0. The Hall–Kier alpha value is -3.00. The number of aromatic nitrogens is 2. The maximum atomic E-state index is 13.5. The maximum absolute atomic E-state index is 13.5. The van der Waals surface area contributed by atoms with E-state index in [1.165, 1.54) is 13.0 Å². The minimum absolute atomic E-state index is 0.0173. The summed E-state index contributed by atoms with van der Waals surface area (Å²) in [6.07, 6.45) is 3.00. The number of aromatic amines is 1. The highest BCUT2D eigenvalue weighted by atomic mass is 19.1. The van der Waals surface area contributed by atoms with Gasteiger partial charge in [0.25, 0.3) is 5.56 Å². The first kappa shape index (κ1) is 18.3. The van der Waals surface area contributed by atoms with E-state index in [0.717, 1.165) is 16.3 Å². The molecule has 1 aromatic heterocycles. The van der Waals surface area contributed by atoms with Crippen LogP contribution >= 0.6 is 0 Å². The largest absolute Gasteiger partial charge is 0.463 e. The highest BCUT2D eigenvalue weighted by Gasteiger charge is 2.13. The second-order valence-corrected chi connectivity index (χ2v) is 5.01. The van der Waals surface area contributed by atoms with Crippen LogP contribution < -0.4 is 11.2 Å². The van der Waals surface area contributed by atoms with Gasteiger partial charge in [0, 0.05) is 6.92 Å². The summed E-state index contributed by atoms with van der Waals surface area (Å²) >= 11 is 0. The zero-order chi connectivity index (χ0) is 18.2. The SMILES string of the molecule is CC(=O)OCCOC(/C=C/c1ccccc1)n1cc(F)c(=O)[nH]c1=O. The van der Waals surface area contributed by atoms with Gasteiger partial charge in [-0.3, -0.25) is 19.1 Å². The van der Waals surface area contributed by atoms with Crippen molar-refractivity contribution in [1.29, 1.82) is 0 Å². The molecule has 25 heavy (non-hydrogen) atoms. The summed E-state index contributed by atoms with van der Waals surface area (Å²) in [6, 6.07) is 9.20. The number of hydrogen-bond acceptors (Lipinski definition) is 5. The Morgan fingerprint density at radius 3 is 2.68 bits per heavy atom. The topological polar surface area (TPSA) is 90.4 Å². The molecule has 0 aliphatic heterocycles. The van der Waals surface area contributed by atoms with Gasteiger partial charge in [-0.2, -0.15) is 4.39 Å². The minimum atomic E-state index is -1.11. The van der Waals surface area contributed by atoms with Crippen LogP contribution in [0.5, 0.6) is 0 Å². The third-order valence-corrected chi connectivity index (χ3v) is 3.13. The number of rotatable bonds is 7. The summed E-state index contributed by atoms with van der Waals surface area (Å²) in [5, 5.41) is 0. The lowest BCUT2D eigenvalue weighted by Gasteiger charge is -2.16. The Morgan fingerprint density at radius 2 is 2.00 bits per heavy atom. The molecule has 0 fully saturated rings. The molecular formula is C17H17FN2O5. The lowest BCUT2D eigenvalue weighted by Crippen LogP contribution is -2.34. The Morgan fingerprint density at radius 1 is 1.28 bits per heavy atom. The number of benzene rings is 1. The molecule has 0 saturated carbocycles. The van der Waals surface area contributed by atoms with Crippen molar-refractivity contribution in [2.75, 3.05) is 13.2 Å². The number of esters is 1. The van der Waals surface area contributed by atoms with E-state index in [4.69, 9.17) is 9.47 Å². The van der Waals surface area contributed by atoms with Gasteiger partial charge in [0.05, 0.1) is 12.8 Å². The molecule has 2 rings (SSSR count). The number of halogens is 1. The molecule has 7 nitrogen and oxygen atoms in total. The summed E-state index contributed by atoms with van der Waals surface area (Å²) in [5.74, 6) is -1.58. The average Bonchev–Trinajstić information content (AvgIpc) is 2.58. The number of carbonyl (C=O) groups excluding carboxylic acids is 1. The van der Waals surface area contributed by atoms with Crippen molar-refractivity contribution in [3.8, 4) is 0 Å². The Kier molecular flexibility index (Phi) is 6.41. The number of nitrogens with zero attached hydrogens (tertiary/aromatic N) is 1. The highest BCUT2D eigenvalue weighted by Crippen LogP contribution is 2.11. The molecule has 0 radical (unpaired) electrons. The Bertz CT molecular complexity index is 857. The normalized spacial score (nSPS) is 12.2. The van der Waals surface area contributed by atoms with Crippen LogP contribution in [0, 0.1) is 5.82 Å². The van der Waals surface area contributed by atoms with Crippen LogP contribution in [-0.2, 0) is 14.3 Å². The van der Waals surface area contributed by atoms with Gasteiger partial charge in [-0.05, 0) is 11.6 Å². The first-order chi connectivity index (χ1) is 12.0. The van der Waals surface area contributed by atoms with Crippen LogP contribution in [0.15, 0.2) is 52.2 Å². The molecule has 1 N–H and O–H groups in total. The fraction of sp³-hybridized carbons (Fsp3) is 0.235. The smallest absolute Gasteiger partial charge is 0.330 e. The second kappa shape index (κ2) is 8.74. The predicted octanol–water partition coefficient (Wildman–Crippen LogP) is 1.47. The van der Waals surface area contributed by atoms with Gasteiger partial charge in [-0.25, -0.2) is 4.79 Å². The molecule has 1 atom stereocenters. The Balaban J connectivity index is 2.24. The first-order valence-corrected chi connectivity index (χ1v) is 7.46. The molecular weight excluding hydrogens is 331 g/mol. The van der Waals surface area contributed by atoms with Crippen molar-refractivity contribution in [2.45, 2.75) is 13.2 Å². The summed E-state index contributed by atoms with van der Waals surface area (Å²) < 4.78 is 24.7. The van der Waals surface area contributed by atoms with Crippen LogP contribution in [0.2, 0.25) is 0 Å². The maximum Gasteiger partial charge on any atom is 0.330 e. The van der Waals surface area contributed by atoms with E-state index in [-0.39, 0.29) is 13.2 Å². The second-order valence-electron chi connectivity index (χ2n) is 5.01. The van der Waals surface area contributed by atoms with Gasteiger partial charge in [0.1, 0.15) is 6.61 Å². The fourth-order valence-corrected chi connectivity index (χ4v) is 1.99. The molecule has 0 aliphatic rings. The molecule has 0 spiro atoms. The third kappa shape index (κ3) is 5.54. The number of hydrogen-bond donors (Lipinski definition) is 1. The predicted molar refractivity (Wildman–Crippen MR) is 88.4 cm³/mol. The lowest BCUT2D eigenvalue weighted by molar-refractivity contribution is -0.143. The molecule has 132 valence electrons. The van der Waals surface area contributed by atoms with E-state index >= 15 is 0 Å². The van der Waals surface area contributed by atoms with E-state index in [2.05, 4.69) is 0 Å². The van der Waals surface area contributed by atoms with E-state index in [9.17, 15) is 18.8 Å².